The van der Waals surface area contributed by atoms with Crippen molar-refractivity contribution in [1.29, 1.82) is 0 Å². The van der Waals surface area contributed by atoms with E-state index in [1.165, 1.54) is 16.7 Å². The van der Waals surface area contributed by atoms with E-state index in [-0.39, 0.29) is 6.04 Å². The van der Waals surface area contributed by atoms with Gasteiger partial charge in [-0.1, -0.05) is 48.0 Å². The minimum atomic E-state index is 0.177. The molecule has 0 heterocycles. The van der Waals surface area contributed by atoms with Crippen molar-refractivity contribution in [2.24, 2.45) is 5.84 Å². The minimum Gasteiger partial charge on any atom is -0.271 e. The molecule has 2 nitrogen and oxygen atoms in total. The molecule has 0 bridgehead atoms. The Labute approximate surface area is 125 Å². The van der Waals surface area contributed by atoms with E-state index in [2.05, 4.69) is 42.7 Å². The zero-order valence-corrected chi connectivity index (χ0v) is 12.5. The molecule has 3 heteroatoms. The first kappa shape index (κ1) is 15.0. The number of nitrogens with one attached hydrogen (secondary N) is 1. The molecule has 0 radical (unpaired) electrons. The summed E-state index contributed by atoms with van der Waals surface area (Å²) in [6, 6.07) is 16.7. The van der Waals surface area contributed by atoms with Crippen molar-refractivity contribution in [1.82, 2.24) is 5.43 Å². The third kappa shape index (κ3) is 4.07. The fraction of sp³-hybridized carbons (Fsp3) is 0.294. The smallest absolute Gasteiger partial charge is 0.0462 e. The number of aryl methyl sites for hydroxylation is 2. The number of halogens is 1. The van der Waals surface area contributed by atoms with Gasteiger partial charge in [-0.2, -0.15) is 0 Å². The van der Waals surface area contributed by atoms with Gasteiger partial charge in [-0.15, -0.1) is 0 Å². The largest absolute Gasteiger partial charge is 0.271 e. The normalized spacial score (nSPS) is 12.3. The van der Waals surface area contributed by atoms with Crippen molar-refractivity contribution in [2.75, 3.05) is 0 Å². The fourth-order valence-electron chi connectivity index (χ4n) is 2.51. The van der Waals surface area contributed by atoms with Crippen LogP contribution in [0.3, 0.4) is 0 Å². The van der Waals surface area contributed by atoms with Crippen molar-refractivity contribution in [3.8, 4) is 0 Å². The summed E-state index contributed by atoms with van der Waals surface area (Å²) in [6.45, 7) is 2.07. The summed E-state index contributed by atoms with van der Waals surface area (Å²) in [5.41, 5.74) is 6.70. The predicted molar refractivity (Wildman–Crippen MR) is 85.6 cm³/mol. The van der Waals surface area contributed by atoms with Crippen LogP contribution in [0.4, 0.5) is 0 Å². The van der Waals surface area contributed by atoms with E-state index in [0.29, 0.717) is 0 Å². The minimum absolute atomic E-state index is 0.177. The van der Waals surface area contributed by atoms with Crippen LogP contribution in [0.15, 0.2) is 48.5 Å². The highest BCUT2D eigenvalue weighted by molar-refractivity contribution is 6.30. The van der Waals surface area contributed by atoms with E-state index in [1.54, 1.807) is 0 Å². The zero-order chi connectivity index (χ0) is 14.4. The van der Waals surface area contributed by atoms with Gasteiger partial charge in [0.1, 0.15) is 0 Å². The van der Waals surface area contributed by atoms with Gasteiger partial charge in [-0.25, -0.2) is 0 Å². The molecule has 0 fully saturated rings. The number of benzene rings is 2. The topological polar surface area (TPSA) is 38.0 Å². The summed E-state index contributed by atoms with van der Waals surface area (Å²) < 4.78 is 0. The quantitative estimate of drug-likeness (QED) is 0.618. The van der Waals surface area contributed by atoms with Crippen LogP contribution in [0.5, 0.6) is 0 Å². The van der Waals surface area contributed by atoms with Gasteiger partial charge in [0.25, 0.3) is 0 Å². The molecule has 0 saturated heterocycles. The van der Waals surface area contributed by atoms with Crippen LogP contribution in [-0.4, -0.2) is 0 Å². The first-order valence-electron chi connectivity index (χ1n) is 6.97. The SMILES string of the molecule is Cc1cc(Cl)ccc1C(CCCc1ccccc1)NN. The second-order valence-electron chi connectivity index (χ2n) is 5.10. The van der Waals surface area contributed by atoms with Crippen LogP contribution in [0.25, 0.3) is 0 Å². The van der Waals surface area contributed by atoms with Gasteiger partial charge in [-0.3, -0.25) is 11.3 Å². The van der Waals surface area contributed by atoms with E-state index in [9.17, 15) is 0 Å². The average Bonchev–Trinajstić information content (AvgIpc) is 2.46. The molecule has 20 heavy (non-hydrogen) atoms. The van der Waals surface area contributed by atoms with E-state index in [1.807, 2.05) is 18.2 Å². The Morgan fingerprint density at radius 3 is 2.55 bits per heavy atom. The summed E-state index contributed by atoms with van der Waals surface area (Å²) in [4.78, 5) is 0. The lowest BCUT2D eigenvalue weighted by Crippen LogP contribution is -2.28. The number of rotatable bonds is 6. The Morgan fingerprint density at radius 2 is 1.90 bits per heavy atom. The van der Waals surface area contributed by atoms with Crippen molar-refractivity contribution in [3.63, 3.8) is 0 Å². The maximum atomic E-state index is 6.00. The van der Waals surface area contributed by atoms with Gasteiger partial charge in [0.15, 0.2) is 0 Å². The van der Waals surface area contributed by atoms with Crippen LogP contribution < -0.4 is 11.3 Å². The predicted octanol–water partition coefficient (Wildman–Crippen LogP) is 4.18. The van der Waals surface area contributed by atoms with Crippen molar-refractivity contribution < 1.29 is 0 Å². The molecule has 106 valence electrons. The standard InChI is InChI=1S/C17H21ClN2/c1-13-12-15(18)10-11-16(13)17(20-19)9-5-8-14-6-3-2-4-7-14/h2-4,6-7,10-12,17,20H,5,8-9,19H2,1H3. The molecular weight excluding hydrogens is 268 g/mol. The highest BCUT2D eigenvalue weighted by Crippen LogP contribution is 2.24. The van der Waals surface area contributed by atoms with E-state index in [4.69, 9.17) is 17.4 Å². The van der Waals surface area contributed by atoms with Crippen molar-refractivity contribution >= 4 is 11.6 Å². The Morgan fingerprint density at radius 1 is 1.15 bits per heavy atom. The molecular formula is C17H21ClN2. The van der Waals surface area contributed by atoms with Crippen LogP contribution in [-0.2, 0) is 6.42 Å². The molecule has 0 saturated carbocycles. The van der Waals surface area contributed by atoms with Crippen molar-refractivity contribution in [3.05, 3.63) is 70.2 Å². The monoisotopic (exact) mass is 288 g/mol. The highest BCUT2D eigenvalue weighted by Gasteiger charge is 2.12. The maximum absolute atomic E-state index is 6.00. The van der Waals surface area contributed by atoms with Crippen molar-refractivity contribution in [2.45, 2.75) is 32.2 Å². The molecule has 2 aromatic carbocycles. The molecule has 0 aliphatic heterocycles. The molecule has 2 rings (SSSR count). The maximum Gasteiger partial charge on any atom is 0.0462 e. The van der Waals surface area contributed by atoms with E-state index < -0.39 is 0 Å². The molecule has 0 aliphatic carbocycles. The summed E-state index contributed by atoms with van der Waals surface area (Å²) in [5, 5.41) is 0.770. The Kier molecular flexibility index (Phi) is 5.60. The number of hydrogen-bond donors (Lipinski definition) is 2. The van der Waals surface area contributed by atoms with Gasteiger partial charge in [-0.05, 0) is 55.0 Å². The molecule has 0 spiro atoms. The third-order valence-corrected chi connectivity index (χ3v) is 3.84. The summed E-state index contributed by atoms with van der Waals surface area (Å²) in [6.07, 6.45) is 3.18. The zero-order valence-electron chi connectivity index (χ0n) is 11.8. The molecule has 0 aliphatic rings. The second-order valence-corrected chi connectivity index (χ2v) is 5.53. The summed E-state index contributed by atoms with van der Waals surface area (Å²) in [7, 11) is 0. The van der Waals surface area contributed by atoms with E-state index in [0.717, 1.165) is 24.3 Å². The number of nitrogens with two attached hydrogens (primary N) is 1. The Hall–Kier alpha value is -1.35. The van der Waals surface area contributed by atoms with Gasteiger partial charge in [0, 0.05) is 11.1 Å². The van der Waals surface area contributed by atoms with Crippen LogP contribution in [0, 0.1) is 6.92 Å². The third-order valence-electron chi connectivity index (χ3n) is 3.61. The molecule has 2 aromatic rings. The molecule has 0 amide bonds. The van der Waals surface area contributed by atoms with Crippen LogP contribution >= 0.6 is 11.6 Å². The van der Waals surface area contributed by atoms with Gasteiger partial charge < -0.3 is 0 Å². The van der Waals surface area contributed by atoms with Gasteiger partial charge in [0.2, 0.25) is 0 Å². The van der Waals surface area contributed by atoms with Crippen LogP contribution in [0.1, 0.15) is 35.6 Å². The first-order chi connectivity index (χ1) is 9.70. The summed E-state index contributed by atoms with van der Waals surface area (Å²) in [5.74, 6) is 5.71. The molecule has 3 N–H and O–H groups in total. The lowest BCUT2D eigenvalue weighted by Gasteiger charge is -2.18. The highest BCUT2D eigenvalue weighted by atomic mass is 35.5. The van der Waals surface area contributed by atoms with Gasteiger partial charge in [0.05, 0.1) is 0 Å². The molecule has 0 aromatic heterocycles. The average molecular weight is 289 g/mol. The second kappa shape index (κ2) is 7.44. The Bertz CT molecular complexity index is 540. The molecule has 1 unspecified atom stereocenters. The summed E-state index contributed by atoms with van der Waals surface area (Å²) >= 11 is 6.00. The lowest BCUT2D eigenvalue weighted by atomic mass is 9.96. The first-order valence-corrected chi connectivity index (χ1v) is 7.34. The number of hydrazine groups is 1. The lowest BCUT2D eigenvalue weighted by molar-refractivity contribution is 0.496. The van der Waals surface area contributed by atoms with Crippen LogP contribution in [0.2, 0.25) is 5.02 Å². The Balaban J connectivity index is 1.95. The number of hydrogen-bond acceptors (Lipinski definition) is 2. The molecule has 1 atom stereocenters. The van der Waals surface area contributed by atoms with Gasteiger partial charge >= 0.3 is 0 Å². The van der Waals surface area contributed by atoms with E-state index >= 15 is 0 Å². The fourth-order valence-corrected chi connectivity index (χ4v) is 2.74.